The third kappa shape index (κ3) is 5.72. The Hall–Kier alpha value is -3.57. The number of hydrogen-bond donors (Lipinski definition) is 2. The maximum atomic E-state index is 14.6. The van der Waals surface area contributed by atoms with Crippen molar-refractivity contribution in [1.82, 2.24) is 5.32 Å². The predicted octanol–water partition coefficient (Wildman–Crippen LogP) is 5.83. The number of halogens is 4. The molecular formula is C25H22ClF3N2O5S. The first-order valence-electron chi connectivity index (χ1n) is 10.8. The Labute approximate surface area is 219 Å². The van der Waals surface area contributed by atoms with E-state index in [0.29, 0.717) is 16.0 Å². The van der Waals surface area contributed by atoms with E-state index in [-0.39, 0.29) is 27.8 Å². The van der Waals surface area contributed by atoms with Crippen molar-refractivity contribution in [2.45, 2.75) is 25.7 Å². The van der Waals surface area contributed by atoms with E-state index in [1.165, 1.54) is 24.3 Å². The number of esters is 2. The minimum atomic E-state index is -5.40. The Bertz CT molecular complexity index is 1300. The van der Waals surface area contributed by atoms with E-state index >= 15 is 0 Å². The molecule has 3 rings (SSSR count). The van der Waals surface area contributed by atoms with E-state index in [0.717, 1.165) is 18.4 Å². The van der Waals surface area contributed by atoms with Crippen LogP contribution in [-0.4, -0.2) is 43.4 Å². The van der Waals surface area contributed by atoms with Crippen LogP contribution in [0.1, 0.15) is 33.2 Å². The molecule has 0 aliphatic heterocycles. The highest BCUT2D eigenvalue weighted by Crippen LogP contribution is 2.43. The molecule has 1 atom stereocenters. The zero-order chi connectivity index (χ0) is 27.4. The minimum Gasteiger partial charge on any atom is -0.466 e. The molecule has 1 aromatic heterocycles. The maximum absolute atomic E-state index is 14.6. The fraction of sp³-hybridized carbons (Fsp3) is 0.240. The molecule has 0 spiro atoms. The maximum Gasteiger partial charge on any atom is 0.441 e. The number of nitrogens with one attached hydrogen (secondary N) is 2. The summed E-state index contributed by atoms with van der Waals surface area (Å²) in [4.78, 5) is 38.9. The average Bonchev–Trinajstić information content (AvgIpc) is 3.18. The molecule has 0 radical (unpaired) electrons. The molecular weight excluding hydrogens is 533 g/mol. The van der Waals surface area contributed by atoms with Crippen LogP contribution in [0, 0.1) is 6.92 Å². The molecule has 7 nitrogen and oxygen atoms in total. The third-order valence-corrected chi connectivity index (χ3v) is 6.80. The number of methoxy groups -OCH3 is 1. The second kappa shape index (κ2) is 11.2. The number of anilines is 1. The van der Waals surface area contributed by atoms with Gasteiger partial charge in [0.05, 0.1) is 19.3 Å². The molecule has 1 amide bonds. The summed E-state index contributed by atoms with van der Waals surface area (Å²) in [7, 11) is 0.750. The van der Waals surface area contributed by atoms with Crippen molar-refractivity contribution in [3.63, 3.8) is 0 Å². The summed E-state index contributed by atoms with van der Waals surface area (Å²) in [6, 6.07) is 13.7. The monoisotopic (exact) mass is 554 g/mol. The van der Waals surface area contributed by atoms with Crippen LogP contribution >= 0.6 is 22.9 Å². The molecule has 0 saturated carbocycles. The molecule has 0 aliphatic rings. The van der Waals surface area contributed by atoms with Crippen LogP contribution in [-0.2, 0) is 14.3 Å². The number of carbonyl (C=O) groups excluding carboxylic acids is 3. The average molecular weight is 555 g/mol. The Morgan fingerprint density at radius 1 is 1.03 bits per heavy atom. The van der Waals surface area contributed by atoms with Crippen LogP contribution in [0.2, 0.25) is 5.02 Å². The number of thiophene rings is 1. The quantitative estimate of drug-likeness (QED) is 0.269. The highest BCUT2D eigenvalue weighted by atomic mass is 35.5. The molecule has 0 bridgehead atoms. The molecule has 2 N–H and O–H groups in total. The van der Waals surface area contributed by atoms with Gasteiger partial charge in [0.2, 0.25) is 0 Å². The fourth-order valence-corrected chi connectivity index (χ4v) is 4.86. The lowest BCUT2D eigenvalue weighted by atomic mass is 10.1. The van der Waals surface area contributed by atoms with Crippen molar-refractivity contribution in [2.24, 2.45) is 0 Å². The first-order valence-corrected chi connectivity index (χ1v) is 12.0. The van der Waals surface area contributed by atoms with Gasteiger partial charge in [-0.05, 0) is 49.2 Å². The van der Waals surface area contributed by atoms with Gasteiger partial charge in [-0.3, -0.25) is 4.79 Å². The largest absolute Gasteiger partial charge is 0.466 e. The summed E-state index contributed by atoms with van der Waals surface area (Å²) >= 11 is 6.60. The number of hydrogen-bond acceptors (Lipinski definition) is 7. The summed E-state index contributed by atoms with van der Waals surface area (Å²) in [5, 5.41) is 3.75. The summed E-state index contributed by atoms with van der Waals surface area (Å²) in [6.45, 7) is 3.06. The number of benzene rings is 2. The molecule has 2 aromatic carbocycles. The van der Waals surface area contributed by atoms with Gasteiger partial charge in [-0.25, -0.2) is 9.59 Å². The first kappa shape index (κ1) is 28.0. The summed E-state index contributed by atoms with van der Waals surface area (Å²) in [5.74, 6) is -3.98. The molecule has 0 aliphatic carbocycles. The molecule has 0 saturated heterocycles. The van der Waals surface area contributed by atoms with Gasteiger partial charge in [0.1, 0.15) is 5.00 Å². The number of carbonyl (C=O) groups is 3. The zero-order valence-corrected chi connectivity index (χ0v) is 21.4. The van der Waals surface area contributed by atoms with Crippen molar-refractivity contribution in [2.75, 3.05) is 19.0 Å². The summed E-state index contributed by atoms with van der Waals surface area (Å²) in [5.41, 5.74) is -3.18. The van der Waals surface area contributed by atoms with E-state index in [4.69, 9.17) is 16.3 Å². The lowest BCUT2D eigenvalue weighted by Gasteiger charge is -2.34. The van der Waals surface area contributed by atoms with Crippen LogP contribution in [0.3, 0.4) is 0 Å². The topological polar surface area (TPSA) is 93.7 Å². The van der Waals surface area contributed by atoms with Gasteiger partial charge in [-0.2, -0.15) is 13.2 Å². The van der Waals surface area contributed by atoms with Gasteiger partial charge in [-0.15, -0.1) is 11.3 Å². The lowest BCUT2D eigenvalue weighted by Crippen LogP contribution is -2.69. The zero-order valence-electron chi connectivity index (χ0n) is 19.9. The first-order chi connectivity index (χ1) is 17.4. The number of amides is 1. The molecule has 196 valence electrons. The number of alkyl halides is 3. The molecule has 12 heteroatoms. The van der Waals surface area contributed by atoms with Gasteiger partial charge in [0.15, 0.2) is 0 Å². The normalized spacial score (nSPS) is 12.8. The van der Waals surface area contributed by atoms with Crippen LogP contribution in [0.5, 0.6) is 0 Å². The van der Waals surface area contributed by atoms with E-state index in [2.05, 4.69) is 10.1 Å². The van der Waals surface area contributed by atoms with Crippen molar-refractivity contribution in [1.29, 1.82) is 0 Å². The highest BCUT2D eigenvalue weighted by Gasteiger charge is 2.64. The Balaban J connectivity index is 2.19. The Morgan fingerprint density at radius 3 is 2.19 bits per heavy atom. The highest BCUT2D eigenvalue weighted by molar-refractivity contribution is 7.20. The predicted molar refractivity (Wildman–Crippen MR) is 134 cm³/mol. The van der Waals surface area contributed by atoms with Gasteiger partial charge in [0, 0.05) is 15.5 Å². The number of rotatable bonds is 8. The minimum absolute atomic E-state index is 0.0387. The molecule has 1 heterocycles. The van der Waals surface area contributed by atoms with Crippen LogP contribution in [0.15, 0.2) is 54.6 Å². The molecule has 0 unspecified atom stereocenters. The molecule has 3 aromatic rings. The SMILES string of the molecule is CCOC(=O)c1c(N[C@@](NC(=O)c2ccc(Cl)cc2)(C(=O)OC)C(F)(F)F)sc(-c2ccccc2)c1C. The fourth-order valence-electron chi connectivity index (χ4n) is 3.47. The van der Waals surface area contributed by atoms with Crippen molar-refractivity contribution in [3.05, 3.63) is 76.3 Å². The van der Waals surface area contributed by atoms with Crippen molar-refractivity contribution >= 4 is 45.8 Å². The van der Waals surface area contributed by atoms with Crippen molar-refractivity contribution in [3.8, 4) is 10.4 Å². The van der Waals surface area contributed by atoms with Crippen LogP contribution in [0.25, 0.3) is 10.4 Å². The smallest absolute Gasteiger partial charge is 0.441 e. The molecule has 37 heavy (non-hydrogen) atoms. The second-order valence-electron chi connectivity index (χ2n) is 7.67. The third-order valence-electron chi connectivity index (χ3n) is 5.29. The van der Waals surface area contributed by atoms with E-state index < -0.39 is 29.7 Å². The van der Waals surface area contributed by atoms with Gasteiger partial charge in [0.25, 0.3) is 5.91 Å². The second-order valence-corrected chi connectivity index (χ2v) is 9.13. The van der Waals surface area contributed by atoms with Crippen molar-refractivity contribution < 1.29 is 37.0 Å². The number of ether oxygens (including phenoxy) is 2. The van der Waals surface area contributed by atoms with Gasteiger partial charge >= 0.3 is 23.8 Å². The van der Waals surface area contributed by atoms with Gasteiger partial charge < -0.3 is 20.1 Å². The van der Waals surface area contributed by atoms with E-state index in [1.54, 1.807) is 49.5 Å². The van der Waals surface area contributed by atoms with E-state index in [1.807, 2.05) is 0 Å². The van der Waals surface area contributed by atoms with Crippen LogP contribution in [0.4, 0.5) is 18.2 Å². The Morgan fingerprint density at radius 2 is 1.65 bits per heavy atom. The summed E-state index contributed by atoms with van der Waals surface area (Å²) < 4.78 is 53.5. The lowest BCUT2D eigenvalue weighted by molar-refractivity contribution is -0.203. The van der Waals surface area contributed by atoms with E-state index in [9.17, 15) is 27.6 Å². The van der Waals surface area contributed by atoms with Gasteiger partial charge in [-0.1, -0.05) is 41.9 Å². The standard InChI is InChI=1S/C25H22ClF3N2O5S/c1-4-36-22(33)18-14(2)19(15-8-6-5-7-9-15)37-21(18)31-24(23(34)35-3,25(27,28)29)30-20(32)16-10-12-17(26)13-11-16/h5-13,31H,4H2,1-3H3,(H,30,32)/t24-/m0/s1. The molecule has 0 fully saturated rings. The Kier molecular flexibility index (Phi) is 8.49. The summed E-state index contributed by atoms with van der Waals surface area (Å²) in [6.07, 6.45) is -5.40. The van der Waals surface area contributed by atoms with Crippen LogP contribution < -0.4 is 10.6 Å².